The van der Waals surface area contributed by atoms with Crippen molar-refractivity contribution < 1.29 is 13.5 Å². The summed E-state index contributed by atoms with van der Waals surface area (Å²) in [7, 11) is 1.99. The number of likely N-dealkylation sites (N-methyl/N-ethyl adjacent to an activating group) is 1. The Hall–Kier alpha value is -2.18. The van der Waals surface area contributed by atoms with E-state index in [1.165, 1.54) is 12.1 Å². The monoisotopic (exact) mass is 332 g/mol. The Morgan fingerprint density at radius 3 is 2.83 bits per heavy atom. The average Bonchev–Trinajstić information content (AvgIpc) is 3.20. The van der Waals surface area contributed by atoms with Crippen molar-refractivity contribution in [2.45, 2.75) is 6.54 Å². The van der Waals surface area contributed by atoms with Gasteiger partial charge in [0.05, 0.1) is 10.6 Å². The van der Waals surface area contributed by atoms with E-state index in [4.69, 9.17) is 9.15 Å². The van der Waals surface area contributed by atoms with Gasteiger partial charge < -0.3 is 9.15 Å². The number of thiophene rings is 1. The van der Waals surface area contributed by atoms with Crippen molar-refractivity contribution in [2.75, 3.05) is 20.2 Å². The normalized spacial score (nSPS) is 11.1. The second kappa shape index (κ2) is 7.39. The summed E-state index contributed by atoms with van der Waals surface area (Å²) in [6, 6.07) is 9.99. The molecule has 1 aromatic carbocycles. The summed E-state index contributed by atoms with van der Waals surface area (Å²) in [5.41, 5.74) is 0.887. The smallest absolute Gasteiger partial charge is 0.236 e. The minimum absolute atomic E-state index is 0.262. The minimum Gasteiger partial charge on any atom is -0.492 e. The molecule has 2 heterocycles. The van der Waals surface area contributed by atoms with Crippen LogP contribution in [0.4, 0.5) is 4.39 Å². The van der Waals surface area contributed by atoms with Gasteiger partial charge in [0, 0.05) is 13.1 Å². The van der Waals surface area contributed by atoms with E-state index in [-0.39, 0.29) is 5.82 Å². The Morgan fingerprint density at radius 2 is 2.09 bits per heavy atom. The maximum absolute atomic E-state index is 12.8. The fourth-order valence-electron chi connectivity index (χ4n) is 2.10. The molecule has 120 valence electrons. The van der Waals surface area contributed by atoms with E-state index in [0.717, 1.165) is 17.1 Å². The maximum atomic E-state index is 12.8. The van der Waals surface area contributed by atoms with Gasteiger partial charge in [-0.25, -0.2) is 9.37 Å². The number of aromatic nitrogens is 1. The highest BCUT2D eigenvalue weighted by Gasteiger charge is 2.09. The first-order valence-electron chi connectivity index (χ1n) is 7.26. The molecule has 0 atom stereocenters. The van der Waals surface area contributed by atoms with Crippen LogP contribution in [0, 0.1) is 5.82 Å². The van der Waals surface area contributed by atoms with Crippen LogP contribution in [-0.2, 0) is 6.54 Å². The molecule has 0 unspecified atom stereocenters. The molecule has 2 aromatic heterocycles. The predicted molar refractivity (Wildman–Crippen MR) is 88.0 cm³/mol. The molecule has 0 fully saturated rings. The van der Waals surface area contributed by atoms with E-state index < -0.39 is 0 Å². The second-order valence-corrected chi connectivity index (χ2v) is 6.11. The Bertz CT molecular complexity index is 725. The molecule has 0 saturated heterocycles. The van der Waals surface area contributed by atoms with E-state index in [1.54, 1.807) is 29.7 Å². The standard InChI is InChI=1S/C17H17FN2O2S/c1-20(8-9-21-15-6-4-13(18)5-7-15)11-14-12-22-17(19-14)16-3-2-10-23-16/h2-7,10,12H,8-9,11H2,1H3. The lowest BCUT2D eigenvalue weighted by atomic mass is 10.3. The summed E-state index contributed by atoms with van der Waals surface area (Å²) >= 11 is 1.60. The summed E-state index contributed by atoms with van der Waals surface area (Å²) in [4.78, 5) is 7.61. The molecule has 0 aliphatic heterocycles. The van der Waals surface area contributed by atoms with E-state index in [2.05, 4.69) is 9.88 Å². The van der Waals surface area contributed by atoms with Crippen LogP contribution in [0.15, 0.2) is 52.5 Å². The lowest BCUT2D eigenvalue weighted by molar-refractivity contribution is 0.231. The van der Waals surface area contributed by atoms with Gasteiger partial charge in [-0.05, 0) is 42.8 Å². The Labute approximate surface area is 138 Å². The molecule has 23 heavy (non-hydrogen) atoms. The molecule has 3 aromatic rings. The van der Waals surface area contributed by atoms with Gasteiger partial charge in [-0.15, -0.1) is 11.3 Å². The number of oxazole rings is 1. The topological polar surface area (TPSA) is 38.5 Å². The number of nitrogens with zero attached hydrogens (tertiary/aromatic N) is 2. The van der Waals surface area contributed by atoms with Crippen molar-refractivity contribution in [3.05, 3.63) is 59.6 Å². The molecule has 0 aliphatic carbocycles. The SMILES string of the molecule is CN(CCOc1ccc(F)cc1)Cc1coc(-c2cccs2)n1. The lowest BCUT2D eigenvalue weighted by Gasteiger charge is -2.15. The van der Waals surface area contributed by atoms with E-state index in [1.807, 2.05) is 24.6 Å². The van der Waals surface area contributed by atoms with Gasteiger partial charge in [0.1, 0.15) is 24.4 Å². The number of hydrogen-bond donors (Lipinski definition) is 0. The minimum atomic E-state index is -0.262. The summed E-state index contributed by atoms with van der Waals surface area (Å²) in [6.45, 7) is 1.94. The van der Waals surface area contributed by atoms with Crippen molar-refractivity contribution in [1.29, 1.82) is 0 Å². The third-order valence-electron chi connectivity index (χ3n) is 3.27. The molecule has 4 nitrogen and oxygen atoms in total. The van der Waals surface area contributed by atoms with Crippen LogP contribution in [0.25, 0.3) is 10.8 Å². The highest BCUT2D eigenvalue weighted by molar-refractivity contribution is 7.13. The van der Waals surface area contributed by atoms with Gasteiger partial charge in [0.25, 0.3) is 0 Å². The van der Waals surface area contributed by atoms with Gasteiger partial charge in [-0.1, -0.05) is 6.07 Å². The fourth-order valence-corrected chi connectivity index (χ4v) is 2.75. The lowest BCUT2D eigenvalue weighted by Crippen LogP contribution is -2.24. The fraction of sp³-hybridized carbons (Fsp3) is 0.235. The molecule has 0 spiro atoms. The summed E-state index contributed by atoms with van der Waals surface area (Å²) < 4.78 is 23.9. The first kappa shape index (κ1) is 15.7. The molecule has 0 saturated carbocycles. The Kier molecular flexibility index (Phi) is 5.05. The van der Waals surface area contributed by atoms with Crippen molar-refractivity contribution in [3.63, 3.8) is 0 Å². The van der Waals surface area contributed by atoms with Crippen LogP contribution in [0.5, 0.6) is 5.75 Å². The molecule has 0 radical (unpaired) electrons. The summed E-state index contributed by atoms with van der Waals surface area (Å²) in [5, 5.41) is 2.00. The van der Waals surface area contributed by atoms with Crippen LogP contribution >= 0.6 is 11.3 Å². The number of ether oxygens (including phenoxy) is 1. The van der Waals surface area contributed by atoms with Crippen LogP contribution in [0.1, 0.15) is 5.69 Å². The first-order chi connectivity index (χ1) is 11.2. The third kappa shape index (κ3) is 4.40. The van der Waals surface area contributed by atoms with Crippen LogP contribution in [-0.4, -0.2) is 30.1 Å². The van der Waals surface area contributed by atoms with Gasteiger partial charge in [-0.3, -0.25) is 4.90 Å². The van der Waals surface area contributed by atoms with Gasteiger partial charge in [0.2, 0.25) is 5.89 Å². The largest absolute Gasteiger partial charge is 0.492 e. The molecule has 6 heteroatoms. The average molecular weight is 332 g/mol. The molecule has 3 rings (SSSR count). The number of rotatable bonds is 7. The number of hydrogen-bond acceptors (Lipinski definition) is 5. The molecule has 0 bridgehead atoms. The number of halogens is 1. The highest BCUT2D eigenvalue weighted by atomic mass is 32.1. The molecular weight excluding hydrogens is 315 g/mol. The summed E-state index contributed by atoms with van der Waals surface area (Å²) in [6.07, 6.45) is 1.69. The van der Waals surface area contributed by atoms with Crippen molar-refractivity contribution >= 4 is 11.3 Å². The highest BCUT2D eigenvalue weighted by Crippen LogP contribution is 2.23. The van der Waals surface area contributed by atoms with Crippen LogP contribution in [0.2, 0.25) is 0 Å². The second-order valence-electron chi connectivity index (χ2n) is 5.16. The van der Waals surface area contributed by atoms with E-state index in [9.17, 15) is 4.39 Å². The first-order valence-corrected chi connectivity index (χ1v) is 8.14. The predicted octanol–water partition coefficient (Wildman–Crippen LogP) is 4.05. The van der Waals surface area contributed by atoms with Gasteiger partial charge in [0.15, 0.2) is 0 Å². The maximum Gasteiger partial charge on any atom is 0.236 e. The summed E-state index contributed by atoms with van der Waals surface area (Å²) in [5.74, 6) is 1.06. The van der Waals surface area contributed by atoms with Gasteiger partial charge in [-0.2, -0.15) is 0 Å². The zero-order valence-corrected chi connectivity index (χ0v) is 13.6. The molecule has 0 aliphatic rings. The quantitative estimate of drug-likeness (QED) is 0.654. The number of benzene rings is 1. The van der Waals surface area contributed by atoms with Crippen molar-refractivity contribution in [1.82, 2.24) is 9.88 Å². The Morgan fingerprint density at radius 1 is 1.26 bits per heavy atom. The van der Waals surface area contributed by atoms with Gasteiger partial charge >= 0.3 is 0 Å². The van der Waals surface area contributed by atoms with E-state index >= 15 is 0 Å². The zero-order chi connectivity index (χ0) is 16.1. The molecule has 0 amide bonds. The zero-order valence-electron chi connectivity index (χ0n) is 12.7. The Balaban J connectivity index is 1.46. The van der Waals surface area contributed by atoms with E-state index in [0.29, 0.717) is 24.8 Å². The van der Waals surface area contributed by atoms with Crippen molar-refractivity contribution in [3.8, 4) is 16.5 Å². The van der Waals surface area contributed by atoms with Crippen molar-refractivity contribution in [2.24, 2.45) is 0 Å². The molecule has 0 N–H and O–H groups in total. The molecular formula is C17H17FN2O2S. The van der Waals surface area contributed by atoms with Crippen LogP contribution < -0.4 is 4.74 Å². The third-order valence-corrected chi connectivity index (χ3v) is 4.13. The van der Waals surface area contributed by atoms with Crippen LogP contribution in [0.3, 0.4) is 0 Å².